The van der Waals surface area contributed by atoms with Gasteiger partial charge in [-0.25, -0.2) is 0 Å². The van der Waals surface area contributed by atoms with Gasteiger partial charge in [-0.2, -0.15) is 0 Å². The molecule has 1 aromatic carbocycles. The van der Waals surface area contributed by atoms with Gasteiger partial charge in [-0.15, -0.1) is 0 Å². The van der Waals surface area contributed by atoms with Gasteiger partial charge in [-0.1, -0.05) is 57.2 Å². The van der Waals surface area contributed by atoms with Gasteiger partial charge in [-0.3, -0.25) is 9.78 Å². The molecule has 0 saturated carbocycles. The van der Waals surface area contributed by atoms with Crippen molar-refractivity contribution in [3.63, 3.8) is 0 Å². The molecule has 0 aliphatic carbocycles. The van der Waals surface area contributed by atoms with E-state index < -0.39 is 0 Å². The summed E-state index contributed by atoms with van der Waals surface area (Å²) in [6, 6.07) is 16.0. The van der Waals surface area contributed by atoms with Gasteiger partial charge in [0.1, 0.15) is 5.69 Å². The zero-order valence-electron chi connectivity index (χ0n) is 13.5. The molecule has 0 amide bonds. The van der Waals surface area contributed by atoms with Crippen molar-refractivity contribution in [3.05, 3.63) is 66.0 Å². The smallest absolute Gasteiger partial charge is 0.182 e. The predicted molar refractivity (Wildman–Crippen MR) is 89.8 cm³/mol. The molecule has 0 aliphatic heterocycles. The SMILES string of the molecule is CC(C)(C)C(NCCC(=O)c1ccccn1)c1ccccc1. The third-order valence-corrected chi connectivity index (χ3v) is 3.65. The Labute approximate surface area is 132 Å². The lowest BCUT2D eigenvalue weighted by Gasteiger charge is -2.32. The van der Waals surface area contributed by atoms with Crippen molar-refractivity contribution in [2.45, 2.75) is 33.2 Å². The first-order valence-corrected chi connectivity index (χ1v) is 7.71. The number of hydrogen-bond acceptors (Lipinski definition) is 3. The maximum atomic E-state index is 12.1. The second-order valence-corrected chi connectivity index (χ2v) is 6.55. The van der Waals surface area contributed by atoms with E-state index in [4.69, 9.17) is 0 Å². The first kappa shape index (κ1) is 16.4. The number of benzene rings is 1. The van der Waals surface area contributed by atoms with Crippen LogP contribution in [0, 0.1) is 5.41 Å². The van der Waals surface area contributed by atoms with E-state index in [1.165, 1.54) is 5.56 Å². The average Bonchev–Trinajstić information content (AvgIpc) is 2.52. The second-order valence-electron chi connectivity index (χ2n) is 6.55. The molecule has 0 radical (unpaired) electrons. The Bertz CT molecular complexity index is 588. The zero-order chi connectivity index (χ0) is 16.0. The highest BCUT2D eigenvalue weighted by Crippen LogP contribution is 2.32. The Kier molecular flexibility index (Phi) is 5.45. The van der Waals surface area contributed by atoms with E-state index >= 15 is 0 Å². The molecule has 22 heavy (non-hydrogen) atoms. The van der Waals surface area contributed by atoms with Gasteiger partial charge in [0.15, 0.2) is 5.78 Å². The molecule has 1 atom stereocenters. The first-order chi connectivity index (χ1) is 10.5. The zero-order valence-corrected chi connectivity index (χ0v) is 13.5. The van der Waals surface area contributed by atoms with E-state index in [2.05, 4.69) is 55.3 Å². The Morgan fingerprint density at radius 3 is 2.36 bits per heavy atom. The highest BCUT2D eigenvalue weighted by molar-refractivity contribution is 5.94. The van der Waals surface area contributed by atoms with Gasteiger partial charge in [0.05, 0.1) is 0 Å². The van der Waals surface area contributed by atoms with E-state index in [-0.39, 0.29) is 17.2 Å². The molecule has 0 fully saturated rings. The molecule has 2 aromatic rings. The lowest BCUT2D eigenvalue weighted by atomic mass is 9.82. The summed E-state index contributed by atoms with van der Waals surface area (Å²) in [4.78, 5) is 16.2. The van der Waals surface area contributed by atoms with Crippen LogP contribution in [0.25, 0.3) is 0 Å². The summed E-state index contributed by atoms with van der Waals surface area (Å²) in [7, 11) is 0. The predicted octanol–water partition coefficient (Wildman–Crippen LogP) is 4.03. The van der Waals surface area contributed by atoms with Crippen LogP contribution in [-0.4, -0.2) is 17.3 Å². The minimum absolute atomic E-state index is 0.0776. The normalized spacial score (nSPS) is 12.9. The van der Waals surface area contributed by atoms with Gasteiger partial charge in [0, 0.05) is 25.2 Å². The Morgan fingerprint density at radius 2 is 1.77 bits per heavy atom. The fourth-order valence-electron chi connectivity index (χ4n) is 2.56. The Balaban J connectivity index is 1.97. The van der Waals surface area contributed by atoms with Crippen molar-refractivity contribution in [3.8, 4) is 0 Å². The highest BCUT2D eigenvalue weighted by atomic mass is 16.1. The number of pyridine rings is 1. The molecular formula is C19H24N2O. The summed E-state index contributed by atoms with van der Waals surface area (Å²) in [5.41, 5.74) is 1.87. The lowest BCUT2D eigenvalue weighted by molar-refractivity contribution is 0.0974. The molecule has 3 nitrogen and oxygen atoms in total. The summed E-state index contributed by atoms with van der Waals surface area (Å²) in [6.45, 7) is 7.26. The number of nitrogens with zero attached hydrogens (tertiary/aromatic N) is 1. The van der Waals surface area contributed by atoms with Crippen LogP contribution in [0.1, 0.15) is 49.3 Å². The molecule has 3 heteroatoms. The van der Waals surface area contributed by atoms with Gasteiger partial charge in [0.2, 0.25) is 0 Å². The number of aromatic nitrogens is 1. The third kappa shape index (κ3) is 4.50. The molecule has 1 unspecified atom stereocenters. The summed E-state index contributed by atoms with van der Waals surface area (Å²) >= 11 is 0. The van der Waals surface area contributed by atoms with Crippen LogP contribution < -0.4 is 5.32 Å². The third-order valence-electron chi connectivity index (χ3n) is 3.65. The van der Waals surface area contributed by atoms with Crippen LogP contribution in [0.5, 0.6) is 0 Å². The Morgan fingerprint density at radius 1 is 1.09 bits per heavy atom. The largest absolute Gasteiger partial charge is 0.309 e. The average molecular weight is 296 g/mol. The molecule has 0 aliphatic rings. The maximum absolute atomic E-state index is 12.1. The second kappa shape index (κ2) is 7.32. The van der Waals surface area contributed by atoms with Crippen LogP contribution in [-0.2, 0) is 0 Å². The maximum Gasteiger partial charge on any atom is 0.182 e. The number of Topliss-reactive ketones (excluding diaryl/α,β-unsaturated/α-hetero) is 1. The molecule has 0 bridgehead atoms. The van der Waals surface area contributed by atoms with Crippen LogP contribution >= 0.6 is 0 Å². The van der Waals surface area contributed by atoms with Crippen molar-refractivity contribution in [1.82, 2.24) is 10.3 Å². The number of hydrogen-bond donors (Lipinski definition) is 1. The minimum Gasteiger partial charge on any atom is -0.309 e. The summed E-state index contributed by atoms with van der Waals surface area (Å²) < 4.78 is 0. The Hall–Kier alpha value is -2.00. The van der Waals surface area contributed by atoms with Crippen LogP contribution in [0.4, 0.5) is 0 Å². The molecule has 116 valence electrons. The molecule has 1 aromatic heterocycles. The number of carbonyl (C=O) groups excluding carboxylic acids is 1. The van der Waals surface area contributed by atoms with E-state index in [9.17, 15) is 4.79 Å². The monoisotopic (exact) mass is 296 g/mol. The quantitative estimate of drug-likeness (QED) is 0.818. The van der Waals surface area contributed by atoms with Gasteiger partial charge in [-0.05, 0) is 23.1 Å². The summed E-state index contributed by atoms with van der Waals surface area (Å²) in [6.07, 6.45) is 2.11. The summed E-state index contributed by atoms with van der Waals surface area (Å²) in [5.74, 6) is 0.0776. The van der Waals surface area contributed by atoms with Crippen molar-refractivity contribution in [1.29, 1.82) is 0 Å². The molecule has 1 heterocycles. The standard InChI is InChI=1S/C19H24N2O/c1-19(2,3)18(15-9-5-4-6-10-15)21-14-12-17(22)16-11-7-8-13-20-16/h4-11,13,18,21H,12,14H2,1-3H3. The molecule has 1 N–H and O–H groups in total. The fraction of sp³-hybridized carbons (Fsp3) is 0.368. The van der Waals surface area contributed by atoms with Crippen molar-refractivity contribution in [2.75, 3.05) is 6.54 Å². The highest BCUT2D eigenvalue weighted by Gasteiger charge is 2.25. The molecule has 2 rings (SSSR count). The van der Waals surface area contributed by atoms with Gasteiger partial charge in [0.25, 0.3) is 0 Å². The fourth-order valence-corrected chi connectivity index (χ4v) is 2.56. The lowest BCUT2D eigenvalue weighted by Crippen LogP contribution is -2.33. The number of carbonyl (C=O) groups is 1. The number of ketones is 1. The first-order valence-electron chi connectivity index (χ1n) is 7.71. The van der Waals surface area contributed by atoms with E-state index in [0.29, 0.717) is 18.7 Å². The van der Waals surface area contributed by atoms with Crippen LogP contribution in [0.3, 0.4) is 0 Å². The molecular weight excluding hydrogens is 272 g/mol. The van der Waals surface area contributed by atoms with Crippen molar-refractivity contribution >= 4 is 5.78 Å². The van der Waals surface area contributed by atoms with E-state index in [0.717, 1.165) is 0 Å². The van der Waals surface area contributed by atoms with Gasteiger partial charge < -0.3 is 5.32 Å². The topological polar surface area (TPSA) is 42.0 Å². The van der Waals surface area contributed by atoms with E-state index in [1.54, 1.807) is 12.3 Å². The number of nitrogens with one attached hydrogen (secondary N) is 1. The van der Waals surface area contributed by atoms with E-state index in [1.807, 2.05) is 18.2 Å². The molecule has 0 saturated heterocycles. The van der Waals surface area contributed by atoms with Crippen LogP contribution in [0.2, 0.25) is 0 Å². The van der Waals surface area contributed by atoms with Crippen molar-refractivity contribution in [2.24, 2.45) is 5.41 Å². The summed E-state index contributed by atoms with van der Waals surface area (Å²) in [5, 5.41) is 3.53. The minimum atomic E-state index is 0.0776. The molecule has 0 spiro atoms. The van der Waals surface area contributed by atoms with Gasteiger partial charge >= 0.3 is 0 Å². The number of rotatable bonds is 6. The van der Waals surface area contributed by atoms with Crippen molar-refractivity contribution < 1.29 is 4.79 Å². The van der Waals surface area contributed by atoms with Crippen LogP contribution in [0.15, 0.2) is 54.7 Å².